The van der Waals surface area contributed by atoms with Gasteiger partial charge in [-0.15, -0.1) is 13.8 Å². The van der Waals surface area contributed by atoms with E-state index in [1.807, 2.05) is 20.8 Å². The number of nitrogens with one attached hydrogen (secondary N) is 1. The van der Waals surface area contributed by atoms with Crippen LogP contribution in [0.1, 0.15) is 20.8 Å². The summed E-state index contributed by atoms with van der Waals surface area (Å²) in [6.07, 6.45) is 6.02. The van der Waals surface area contributed by atoms with Crippen LogP contribution in [-0.2, 0) is 32.7 Å². The molecule has 1 aliphatic heterocycles. The molecule has 1 N–H and O–H groups in total. The van der Waals surface area contributed by atoms with Crippen molar-refractivity contribution < 1.29 is 32.7 Å². The summed E-state index contributed by atoms with van der Waals surface area (Å²) in [5.74, 6) is 0.928. The standard InChI is InChI=1S/C9H12N2.Y/c1-4-7(2)9-5-10-8(3)11-6-9;/h5H2,1-3H3,(H,10,11);/q-2;. The van der Waals surface area contributed by atoms with Crippen LogP contribution in [0.2, 0.25) is 0 Å². The van der Waals surface area contributed by atoms with Gasteiger partial charge in [0.25, 0.3) is 0 Å². The molecule has 2 nitrogen and oxygen atoms in total. The molecule has 1 aliphatic rings. The molecule has 0 saturated carbocycles. The van der Waals surface area contributed by atoms with Crippen molar-refractivity contribution >= 4 is 5.84 Å². The van der Waals surface area contributed by atoms with Gasteiger partial charge in [-0.05, 0) is 5.84 Å². The molecule has 0 atom stereocenters. The molecule has 0 aromatic rings. The largest absolute Gasteiger partial charge is 0.438 e. The van der Waals surface area contributed by atoms with E-state index in [4.69, 9.17) is 0 Å². The zero-order chi connectivity index (χ0) is 8.27. The van der Waals surface area contributed by atoms with Gasteiger partial charge in [-0.2, -0.15) is 6.20 Å². The normalized spacial score (nSPS) is 17.1. The minimum absolute atomic E-state index is 0. The first-order valence-electron chi connectivity index (χ1n) is 3.65. The van der Waals surface area contributed by atoms with Gasteiger partial charge >= 0.3 is 0 Å². The van der Waals surface area contributed by atoms with Gasteiger partial charge in [0.05, 0.1) is 0 Å². The molecule has 1 radical (unpaired) electrons. The monoisotopic (exact) mass is 237 g/mol. The van der Waals surface area contributed by atoms with Crippen molar-refractivity contribution in [3.05, 3.63) is 23.4 Å². The summed E-state index contributed by atoms with van der Waals surface area (Å²) < 4.78 is 0. The number of amidine groups is 1. The Morgan fingerprint density at radius 2 is 2.33 bits per heavy atom. The molecule has 0 aromatic carbocycles. The van der Waals surface area contributed by atoms with E-state index in [0.29, 0.717) is 0 Å². The van der Waals surface area contributed by atoms with Gasteiger partial charge in [-0.25, -0.2) is 0 Å². The molecule has 0 unspecified atom stereocenters. The number of rotatable bonds is 1. The molecular formula is C9H12N2Y-2. The first kappa shape index (κ1) is 12.1. The molecule has 0 aliphatic carbocycles. The topological polar surface area (TPSA) is 24.4 Å². The van der Waals surface area contributed by atoms with Crippen LogP contribution < -0.4 is 5.32 Å². The van der Waals surface area contributed by atoms with Gasteiger partial charge in [0, 0.05) is 32.7 Å². The van der Waals surface area contributed by atoms with Crippen LogP contribution in [0.4, 0.5) is 0 Å². The average Bonchev–Trinajstić information content (AvgIpc) is 2.05. The summed E-state index contributed by atoms with van der Waals surface area (Å²) in [6.45, 7) is 6.66. The molecule has 0 saturated heterocycles. The van der Waals surface area contributed by atoms with Gasteiger partial charge in [-0.3, -0.25) is 5.57 Å². The second kappa shape index (κ2) is 5.66. The van der Waals surface area contributed by atoms with E-state index in [1.54, 1.807) is 0 Å². The Hall–Kier alpha value is 0.0539. The third kappa shape index (κ3) is 3.20. The van der Waals surface area contributed by atoms with Crippen molar-refractivity contribution in [3.63, 3.8) is 0 Å². The van der Waals surface area contributed by atoms with E-state index in [2.05, 4.69) is 22.6 Å². The van der Waals surface area contributed by atoms with Gasteiger partial charge in [0.1, 0.15) is 0 Å². The number of allylic oxidation sites excluding steroid dienone is 1. The molecule has 0 spiro atoms. The predicted octanol–water partition coefficient (Wildman–Crippen LogP) is 1.46. The van der Waals surface area contributed by atoms with Gasteiger partial charge in [-0.1, -0.05) is 13.5 Å². The molecule has 1 rings (SSSR count). The van der Waals surface area contributed by atoms with Crippen molar-refractivity contribution in [1.82, 2.24) is 5.32 Å². The predicted molar refractivity (Wildman–Crippen MR) is 46.0 cm³/mol. The van der Waals surface area contributed by atoms with E-state index in [-0.39, 0.29) is 32.7 Å². The minimum atomic E-state index is 0. The average molecular weight is 237 g/mol. The fraction of sp³-hybridized carbons (Fsp3) is 0.444. The van der Waals surface area contributed by atoms with Gasteiger partial charge in [0.2, 0.25) is 0 Å². The molecule has 0 bridgehead atoms. The van der Waals surface area contributed by atoms with Crippen LogP contribution in [0, 0.1) is 12.3 Å². The van der Waals surface area contributed by atoms with E-state index >= 15 is 0 Å². The zero-order valence-electron chi connectivity index (χ0n) is 7.73. The number of hydrogen-bond acceptors (Lipinski definition) is 2. The Balaban J connectivity index is 0.00000121. The molecule has 12 heavy (non-hydrogen) atoms. The first-order valence-corrected chi connectivity index (χ1v) is 3.65. The Morgan fingerprint density at radius 3 is 2.75 bits per heavy atom. The summed E-state index contributed by atoms with van der Waals surface area (Å²) in [5, 5.41) is 3.14. The second-order valence-corrected chi connectivity index (χ2v) is 2.52. The van der Waals surface area contributed by atoms with E-state index in [1.165, 1.54) is 0 Å². The first-order chi connectivity index (χ1) is 5.24. The van der Waals surface area contributed by atoms with Crippen LogP contribution in [0.5, 0.6) is 0 Å². The Morgan fingerprint density at radius 1 is 1.67 bits per heavy atom. The number of nitrogens with zero attached hydrogens (tertiary/aromatic N) is 1. The van der Waals surface area contributed by atoms with Crippen LogP contribution in [0.15, 0.2) is 16.1 Å². The van der Waals surface area contributed by atoms with Crippen molar-refractivity contribution in [2.45, 2.75) is 20.8 Å². The maximum absolute atomic E-state index is 4.04. The zero-order valence-corrected chi connectivity index (χ0v) is 10.6. The van der Waals surface area contributed by atoms with E-state index in [9.17, 15) is 0 Å². The molecule has 0 aromatic heterocycles. The SMILES string of the molecule is C[C-]=C(C)C1=[C-]N=C(C)NC1.[Y]. The van der Waals surface area contributed by atoms with Crippen molar-refractivity contribution in [2.24, 2.45) is 4.99 Å². The molecule has 1 heterocycles. The smallest absolute Gasteiger partial charge is 0 e. The Bertz CT molecular complexity index is 239. The summed E-state index contributed by atoms with van der Waals surface area (Å²) in [7, 11) is 0. The fourth-order valence-electron chi connectivity index (χ4n) is 0.814. The summed E-state index contributed by atoms with van der Waals surface area (Å²) in [6, 6.07) is 0. The van der Waals surface area contributed by atoms with Crippen LogP contribution >= 0.6 is 0 Å². The van der Waals surface area contributed by atoms with Crippen molar-refractivity contribution in [2.75, 3.05) is 6.54 Å². The summed E-state index contributed by atoms with van der Waals surface area (Å²) in [4.78, 5) is 4.04. The van der Waals surface area contributed by atoms with Gasteiger partial charge in [0.15, 0.2) is 0 Å². The third-order valence-corrected chi connectivity index (χ3v) is 1.71. The maximum Gasteiger partial charge on any atom is 0 e. The Kier molecular flexibility index (Phi) is 5.68. The second-order valence-electron chi connectivity index (χ2n) is 2.52. The van der Waals surface area contributed by atoms with Crippen LogP contribution in [-0.4, -0.2) is 12.4 Å². The van der Waals surface area contributed by atoms with E-state index in [0.717, 1.165) is 23.5 Å². The van der Waals surface area contributed by atoms with Crippen LogP contribution in [0.25, 0.3) is 0 Å². The third-order valence-electron chi connectivity index (χ3n) is 1.71. The quantitative estimate of drug-likeness (QED) is 0.686. The van der Waals surface area contributed by atoms with Crippen molar-refractivity contribution in [1.29, 1.82) is 0 Å². The van der Waals surface area contributed by atoms with Gasteiger partial charge < -0.3 is 22.0 Å². The van der Waals surface area contributed by atoms with Crippen molar-refractivity contribution in [3.8, 4) is 0 Å². The fourth-order valence-corrected chi connectivity index (χ4v) is 0.814. The molecule has 63 valence electrons. The summed E-state index contributed by atoms with van der Waals surface area (Å²) in [5.41, 5.74) is 2.21. The minimum Gasteiger partial charge on any atom is -0.438 e. The number of hydrogen-bond donors (Lipinski definition) is 1. The molecular weight excluding hydrogens is 225 g/mol. The molecule has 0 amide bonds. The maximum atomic E-state index is 4.04. The number of aliphatic imine (C=N–C) groups is 1. The van der Waals surface area contributed by atoms with Crippen LogP contribution in [0.3, 0.4) is 0 Å². The molecule has 0 fully saturated rings. The Labute approximate surface area is 99.1 Å². The molecule has 3 heteroatoms. The van der Waals surface area contributed by atoms with E-state index < -0.39 is 0 Å². The summed E-state index contributed by atoms with van der Waals surface area (Å²) >= 11 is 0.